The lowest BCUT2D eigenvalue weighted by Crippen LogP contribution is -2.08. The van der Waals surface area contributed by atoms with Gasteiger partial charge in [-0.25, -0.2) is 4.98 Å². The van der Waals surface area contributed by atoms with Crippen LogP contribution in [0.1, 0.15) is 11.5 Å². The first-order chi connectivity index (χ1) is 9.20. The molecule has 3 heterocycles. The Bertz CT molecular complexity index is 710. The van der Waals surface area contributed by atoms with E-state index in [0.29, 0.717) is 0 Å². The molecule has 0 unspecified atom stereocenters. The lowest BCUT2D eigenvalue weighted by Gasteiger charge is -2.03. The molecular formula is C11H14N6S2. The van der Waals surface area contributed by atoms with Gasteiger partial charge in [0.05, 0.1) is 5.69 Å². The number of nitrogens with one attached hydrogen (secondary N) is 1. The fourth-order valence-corrected chi connectivity index (χ4v) is 3.52. The van der Waals surface area contributed by atoms with Crippen LogP contribution in [-0.4, -0.2) is 31.2 Å². The van der Waals surface area contributed by atoms with Gasteiger partial charge in [0.2, 0.25) is 0 Å². The van der Waals surface area contributed by atoms with Crippen LogP contribution in [0.15, 0.2) is 21.8 Å². The van der Waals surface area contributed by atoms with Crippen LogP contribution in [0.4, 0.5) is 0 Å². The lowest BCUT2D eigenvalue weighted by atomic mass is 10.5. The maximum absolute atomic E-state index is 4.66. The summed E-state index contributed by atoms with van der Waals surface area (Å²) in [6.45, 7) is 2.72. The second kappa shape index (κ2) is 4.95. The van der Waals surface area contributed by atoms with Crippen LogP contribution in [-0.2, 0) is 13.6 Å². The number of rotatable bonds is 4. The molecule has 0 saturated carbocycles. The first kappa shape index (κ1) is 12.6. The third kappa shape index (κ3) is 2.15. The smallest absolute Gasteiger partial charge is 0.197 e. The zero-order valence-corrected chi connectivity index (χ0v) is 12.5. The van der Waals surface area contributed by atoms with Gasteiger partial charge in [-0.15, -0.1) is 21.5 Å². The van der Waals surface area contributed by atoms with Gasteiger partial charge in [-0.3, -0.25) is 4.40 Å². The largest absolute Gasteiger partial charge is 0.314 e. The minimum Gasteiger partial charge on any atom is -0.314 e. The monoisotopic (exact) mass is 294 g/mol. The van der Waals surface area contributed by atoms with Crippen molar-refractivity contribution in [3.05, 3.63) is 23.1 Å². The van der Waals surface area contributed by atoms with Crippen LogP contribution < -0.4 is 5.32 Å². The van der Waals surface area contributed by atoms with Crippen molar-refractivity contribution in [1.29, 1.82) is 0 Å². The first-order valence-corrected chi connectivity index (χ1v) is 7.53. The molecule has 0 aliphatic carbocycles. The van der Waals surface area contributed by atoms with Gasteiger partial charge in [-0.2, -0.15) is 0 Å². The fourth-order valence-electron chi connectivity index (χ4n) is 1.79. The summed E-state index contributed by atoms with van der Waals surface area (Å²) >= 11 is 3.19. The molecule has 0 bridgehead atoms. The van der Waals surface area contributed by atoms with Crippen LogP contribution in [0, 0.1) is 6.92 Å². The van der Waals surface area contributed by atoms with Crippen molar-refractivity contribution >= 4 is 28.1 Å². The van der Waals surface area contributed by atoms with E-state index in [2.05, 4.69) is 24.9 Å². The molecule has 0 saturated heterocycles. The third-order valence-corrected chi connectivity index (χ3v) is 4.72. The Kier molecular flexibility index (Phi) is 3.29. The van der Waals surface area contributed by atoms with Crippen molar-refractivity contribution in [2.24, 2.45) is 7.05 Å². The van der Waals surface area contributed by atoms with Crippen LogP contribution >= 0.6 is 23.1 Å². The number of imidazole rings is 1. The van der Waals surface area contributed by atoms with Crippen molar-refractivity contribution in [1.82, 2.24) is 29.5 Å². The molecule has 0 aliphatic rings. The molecular weight excluding hydrogens is 280 g/mol. The molecule has 3 rings (SSSR count). The lowest BCUT2D eigenvalue weighted by molar-refractivity contribution is 0.753. The minimum absolute atomic E-state index is 0.775. The van der Waals surface area contributed by atoms with Crippen LogP contribution in [0.3, 0.4) is 0 Å². The number of aromatic nitrogens is 5. The van der Waals surface area contributed by atoms with Gasteiger partial charge >= 0.3 is 0 Å². The SMILES string of the molecule is CNCc1c(Sc2nnc(C)n2C)nc2sccn12. The Morgan fingerprint density at radius 2 is 2.26 bits per heavy atom. The number of nitrogens with zero attached hydrogens (tertiary/aromatic N) is 5. The fraction of sp³-hybridized carbons (Fsp3) is 0.364. The van der Waals surface area contributed by atoms with E-state index in [1.165, 1.54) is 0 Å². The third-order valence-electron chi connectivity index (χ3n) is 2.91. The van der Waals surface area contributed by atoms with E-state index in [0.717, 1.165) is 33.2 Å². The summed E-state index contributed by atoms with van der Waals surface area (Å²) in [4.78, 5) is 5.67. The molecule has 0 atom stereocenters. The standard InChI is InChI=1S/C11H14N6S2/c1-7-14-15-11(16(7)3)19-9-8(6-12-2)17-4-5-18-10(17)13-9/h4-5,12H,6H2,1-3H3. The summed E-state index contributed by atoms with van der Waals surface area (Å²) in [5.74, 6) is 0.902. The Morgan fingerprint density at radius 3 is 2.95 bits per heavy atom. The van der Waals surface area contributed by atoms with Crippen LogP contribution in [0.5, 0.6) is 0 Å². The summed E-state index contributed by atoms with van der Waals surface area (Å²) in [5, 5.41) is 15.3. The van der Waals surface area contributed by atoms with Crippen LogP contribution in [0.25, 0.3) is 4.96 Å². The summed E-state index contributed by atoms with van der Waals surface area (Å²) in [5.41, 5.74) is 1.16. The van der Waals surface area contributed by atoms with Gasteiger partial charge in [0, 0.05) is 25.2 Å². The Balaban J connectivity index is 2.02. The number of fused-ring (bicyclic) bond motifs is 1. The Labute approximate surface area is 118 Å². The highest BCUT2D eigenvalue weighted by atomic mass is 32.2. The molecule has 6 nitrogen and oxygen atoms in total. The van der Waals surface area contributed by atoms with Crippen molar-refractivity contribution in [3.63, 3.8) is 0 Å². The average molecular weight is 294 g/mol. The maximum atomic E-state index is 4.66. The Hall–Kier alpha value is -1.38. The number of hydrogen-bond donors (Lipinski definition) is 1. The first-order valence-electron chi connectivity index (χ1n) is 5.83. The molecule has 0 fully saturated rings. The molecule has 19 heavy (non-hydrogen) atoms. The number of aryl methyl sites for hydroxylation is 1. The number of thiazole rings is 1. The second-order valence-electron chi connectivity index (χ2n) is 4.14. The van der Waals surface area contributed by atoms with E-state index in [9.17, 15) is 0 Å². The average Bonchev–Trinajstić information content (AvgIpc) is 3.04. The molecule has 0 radical (unpaired) electrons. The Morgan fingerprint density at radius 1 is 1.42 bits per heavy atom. The van der Waals surface area contributed by atoms with E-state index >= 15 is 0 Å². The van der Waals surface area contributed by atoms with Gasteiger partial charge in [-0.05, 0) is 25.7 Å². The van der Waals surface area contributed by atoms with Crippen molar-refractivity contribution in [2.75, 3.05) is 7.05 Å². The zero-order chi connectivity index (χ0) is 13.4. The van der Waals surface area contributed by atoms with E-state index in [4.69, 9.17) is 0 Å². The molecule has 0 aliphatic heterocycles. The predicted molar refractivity (Wildman–Crippen MR) is 75.7 cm³/mol. The van der Waals surface area contributed by atoms with E-state index < -0.39 is 0 Å². The maximum Gasteiger partial charge on any atom is 0.197 e. The van der Waals surface area contributed by atoms with Crippen molar-refractivity contribution < 1.29 is 0 Å². The molecule has 0 spiro atoms. The highest BCUT2D eigenvalue weighted by molar-refractivity contribution is 7.99. The highest BCUT2D eigenvalue weighted by Crippen LogP contribution is 2.30. The molecule has 3 aromatic rings. The highest BCUT2D eigenvalue weighted by Gasteiger charge is 2.16. The molecule has 0 aromatic carbocycles. The van der Waals surface area contributed by atoms with E-state index in [1.54, 1.807) is 23.1 Å². The van der Waals surface area contributed by atoms with Crippen LogP contribution in [0.2, 0.25) is 0 Å². The van der Waals surface area contributed by atoms with Gasteiger partial charge < -0.3 is 9.88 Å². The van der Waals surface area contributed by atoms with Gasteiger partial charge in [0.25, 0.3) is 0 Å². The predicted octanol–water partition coefficient (Wildman–Crippen LogP) is 1.70. The topological polar surface area (TPSA) is 60.0 Å². The quantitative estimate of drug-likeness (QED) is 0.793. The molecule has 8 heteroatoms. The van der Waals surface area contributed by atoms with Gasteiger partial charge in [-0.1, -0.05) is 0 Å². The summed E-state index contributed by atoms with van der Waals surface area (Å²) in [6, 6.07) is 0. The summed E-state index contributed by atoms with van der Waals surface area (Å²) in [6.07, 6.45) is 2.05. The van der Waals surface area contributed by atoms with E-state index in [-0.39, 0.29) is 0 Å². The molecule has 3 aromatic heterocycles. The normalized spacial score (nSPS) is 11.5. The van der Waals surface area contributed by atoms with Crippen molar-refractivity contribution in [3.8, 4) is 0 Å². The van der Waals surface area contributed by atoms with Gasteiger partial charge in [0.15, 0.2) is 10.1 Å². The van der Waals surface area contributed by atoms with Gasteiger partial charge in [0.1, 0.15) is 10.9 Å². The molecule has 100 valence electrons. The van der Waals surface area contributed by atoms with Crippen molar-refractivity contribution in [2.45, 2.75) is 23.7 Å². The molecule has 1 N–H and O–H groups in total. The summed E-state index contributed by atoms with van der Waals surface area (Å²) in [7, 11) is 3.90. The minimum atomic E-state index is 0.775. The zero-order valence-electron chi connectivity index (χ0n) is 10.9. The summed E-state index contributed by atoms with van der Waals surface area (Å²) < 4.78 is 4.09. The van der Waals surface area contributed by atoms with E-state index in [1.807, 2.05) is 37.2 Å². The second-order valence-corrected chi connectivity index (χ2v) is 5.97. The number of hydrogen-bond acceptors (Lipinski definition) is 6. The molecule has 0 amide bonds.